The third kappa shape index (κ3) is 10.2. The summed E-state index contributed by atoms with van der Waals surface area (Å²) in [6.45, 7) is 11.3. The molecule has 0 aliphatic carbocycles. The van der Waals surface area contributed by atoms with Gasteiger partial charge in [-0.25, -0.2) is 0 Å². The van der Waals surface area contributed by atoms with Crippen molar-refractivity contribution in [2.45, 2.75) is 92.1 Å². The number of carbonyl (C=O) groups excluding carboxylic acids is 2. The maximum absolute atomic E-state index is 13.5. The van der Waals surface area contributed by atoms with Crippen molar-refractivity contribution in [1.29, 1.82) is 0 Å². The lowest BCUT2D eigenvalue weighted by atomic mass is 9.94. The zero-order valence-electron chi connectivity index (χ0n) is 27.1. The van der Waals surface area contributed by atoms with Gasteiger partial charge in [0.15, 0.2) is 12.4 Å². The molecule has 3 aromatic rings. The molecule has 4 rings (SSSR count). The van der Waals surface area contributed by atoms with E-state index in [-0.39, 0.29) is 32.4 Å². The summed E-state index contributed by atoms with van der Waals surface area (Å²) in [4.78, 5) is 26.3. The van der Waals surface area contributed by atoms with Gasteiger partial charge in [0, 0.05) is 0 Å². The van der Waals surface area contributed by atoms with Gasteiger partial charge in [-0.15, -0.1) is 0 Å². The summed E-state index contributed by atoms with van der Waals surface area (Å²) in [5.74, 6) is -0.816. The molecule has 45 heavy (non-hydrogen) atoms. The van der Waals surface area contributed by atoms with Crippen molar-refractivity contribution in [1.82, 2.24) is 0 Å². The molecule has 8 heteroatoms. The van der Waals surface area contributed by atoms with E-state index in [1.807, 2.05) is 91.0 Å². The zero-order valence-corrected chi connectivity index (χ0v) is 27.1. The van der Waals surface area contributed by atoms with Crippen LogP contribution in [-0.4, -0.2) is 49.3 Å². The standard InChI is InChI=1S/C37H46O8/c1-36(2,3)34(38)43-25-29-30(40-22-26-16-10-7-11-17-26)31(45-35(39)37(4,5)6)32(41-23-27-18-12-8-13-19-27)33(44-29)42-24-28-20-14-9-15-21-28/h7-21,29-33H,22-25H2,1-6H3. The molecule has 1 aliphatic heterocycles. The fraction of sp³-hybridized carbons (Fsp3) is 0.459. The van der Waals surface area contributed by atoms with Crippen LogP contribution in [0.3, 0.4) is 0 Å². The molecule has 242 valence electrons. The molecule has 0 saturated carbocycles. The van der Waals surface area contributed by atoms with Crippen LogP contribution in [0, 0.1) is 10.8 Å². The van der Waals surface area contributed by atoms with Crippen molar-refractivity contribution in [3.05, 3.63) is 108 Å². The van der Waals surface area contributed by atoms with Crippen LogP contribution in [0.25, 0.3) is 0 Å². The normalized spacial score (nSPS) is 22.0. The number of hydrogen-bond acceptors (Lipinski definition) is 8. The molecule has 8 nitrogen and oxygen atoms in total. The Morgan fingerprint density at radius 1 is 0.578 bits per heavy atom. The molecule has 0 spiro atoms. The van der Waals surface area contributed by atoms with Crippen LogP contribution < -0.4 is 0 Å². The van der Waals surface area contributed by atoms with Crippen molar-refractivity contribution in [3.63, 3.8) is 0 Å². The van der Waals surface area contributed by atoms with E-state index in [9.17, 15) is 9.59 Å². The van der Waals surface area contributed by atoms with E-state index in [1.165, 1.54) is 0 Å². The molecule has 1 fully saturated rings. The van der Waals surface area contributed by atoms with Gasteiger partial charge in [0.05, 0.1) is 30.7 Å². The number of rotatable bonds is 12. The molecule has 1 saturated heterocycles. The summed E-state index contributed by atoms with van der Waals surface area (Å²) in [6, 6.07) is 29.1. The lowest BCUT2D eigenvalue weighted by Crippen LogP contribution is -2.62. The Labute approximate surface area is 266 Å². The van der Waals surface area contributed by atoms with Gasteiger partial charge in [0.25, 0.3) is 0 Å². The van der Waals surface area contributed by atoms with Crippen molar-refractivity contribution in [2.75, 3.05) is 6.61 Å². The monoisotopic (exact) mass is 618 g/mol. The average Bonchev–Trinajstić information content (AvgIpc) is 3.02. The minimum Gasteiger partial charge on any atom is -0.462 e. The number of carbonyl (C=O) groups is 2. The number of esters is 2. The molecule has 0 aromatic heterocycles. The quantitative estimate of drug-likeness (QED) is 0.209. The highest BCUT2D eigenvalue weighted by molar-refractivity contribution is 5.76. The lowest BCUT2D eigenvalue weighted by molar-refractivity contribution is -0.324. The molecule has 1 heterocycles. The van der Waals surface area contributed by atoms with E-state index in [0.717, 1.165) is 16.7 Å². The number of benzene rings is 3. The Morgan fingerprint density at radius 2 is 1.00 bits per heavy atom. The van der Waals surface area contributed by atoms with Crippen LogP contribution in [0.5, 0.6) is 0 Å². The molecule has 0 bridgehead atoms. The highest BCUT2D eigenvalue weighted by Crippen LogP contribution is 2.33. The van der Waals surface area contributed by atoms with Gasteiger partial charge < -0.3 is 28.4 Å². The highest BCUT2D eigenvalue weighted by Gasteiger charge is 2.51. The third-order valence-electron chi connectivity index (χ3n) is 7.27. The van der Waals surface area contributed by atoms with Crippen molar-refractivity contribution >= 4 is 11.9 Å². The number of hydrogen-bond donors (Lipinski definition) is 0. The van der Waals surface area contributed by atoms with Gasteiger partial charge in [-0.2, -0.15) is 0 Å². The number of ether oxygens (including phenoxy) is 6. The van der Waals surface area contributed by atoms with E-state index < -0.39 is 47.5 Å². The predicted octanol–water partition coefficient (Wildman–Crippen LogP) is 6.65. The minimum absolute atomic E-state index is 0.129. The van der Waals surface area contributed by atoms with Crippen molar-refractivity contribution < 1.29 is 38.0 Å². The molecular weight excluding hydrogens is 572 g/mol. The summed E-state index contributed by atoms with van der Waals surface area (Å²) >= 11 is 0. The summed E-state index contributed by atoms with van der Waals surface area (Å²) in [5.41, 5.74) is 1.26. The second-order valence-corrected chi connectivity index (χ2v) is 13.3. The fourth-order valence-electron chi connectivity index (χ4n) is 4.62. The first-order chi connectivity index (χ1) is 21.4. The topological polar surface area (TPSA) is 89.5 Å². The Hall–Kier alpha value is -3.56. The molecule has 5 unspecified atom stereocenters. The Morgan fingerprint density at radius 3 is 1.44 bits per heavy atom. The highest BCUT2D eigenvalue weighted by atomic mass is 16.7. The average molecular weight is 619 g/mol. The molecule has 0 N–H and O–H groups in total. The summed E-state index contributed by atoms with van der Waals surface area (Å²) in [7, 11) is 0. The molecule has 0 amide bonds. The minimum atomic E-state index is -0.971. The van der Waals surface area contributed by atoms with Gasteiger partial charge in [-0.1, -0.05) is 91.0 Å². The maximum atomic E-state index is 13.5. The van der Waals surface area contributed by atoms with Crippen LogP contribution in [0.4, 0.5) is 0 Å². The van der Waals surface area contributed by atoms with Crippen LogP contribution in [0.1, 0.15) is 58.2 Å². The van der Waals surface area contributed by atoms with E-state index in [4.69, 9.17) is 28.4 Å². The molecule has 0 radical (unpaired) electrons. The van der Waals surface area contributed by atoms with Crippen molar-refractivity contribution in [2.24, 2.45) is 10.8 Å². The summed E-state index contributed by atoms with van der Waals surface area (Å²) in [6.07, 6.45) is -4.45. The van der Waals surface area contributed by atoms with Gasteiger partial charge >= 0.3 is 11.9 Å². The Bertz CT molecular complexity index is 1330. The van der Waals surface area contributed by atoms with E-state index >= 15 is 0 Å². The molecule has 1 aliphatic rings. The van der Waals surface area contributed by atoms with Gasteiger partial charge in [0.2, 0.25) is 0 Å². The van der Waals surface area contributed by atoms with Crippen LogP contribution >= 0.6 is 0 Å². The predicted molar refractivity (Wildman–Crippen MR) is 170 cm³/mol. The second-order valence-electron chi connectivity index (χ2n) is 13.3. The lowest BCUT2D eigenvalue weighted by Gasteiger charge is -2.45. The summed E-state index contributed by atoms with van der Waals surface area (Å²) in [5, 5.41) is 0. The second kappa shape index (κ2) is 15.6. The van der Waals surface area contributed by atoms with Crippen LogP contribution in [0.15, 0.2) is 91.0 Å². The SMILES string of the molecule is CC(C)(C)C(=O)OCC1OC(OCc2ccccc2)C(OCc2ccccc2)C(OC(=O)C(C)(C)C)C1OCc1ccccc1. The first-order valence-corrected chi connectivity index (χ1v) is 15.4. The first kappa shape index (κ1) is 34.3. The first-order valence-electron chi connectivity index (χ1n) is 15.4. The van der Waals surface area contributed by atoms with Gasteiger partial charge in [-0.05, 0) is 58.2 Å². The van der Waals surface area contributed by atoms with Crippen LogP contribution in [-0.2, 0) is 57.8 Å². The van der Waals surface area contributed by atoms with Gasteiger partial charge in [-0.3, -0.25) is 9.59 Å². The van der Waals surface area contributed by atoms with Gasteiger partial charge in [0.1, 0.15) is 24.9 Å². The van der Waals surface area contributed by atoms with E-state index in [2.05, 4.69) is 0 Å². The van der Waals surface area contributed by atoms with Crippen LogP contribution in [0.2, 0.25) is 0 Å². The molecule has 3 aromatic carbocycles. The Kier molecular flexibility index (Phi) is 11.9. The smallest absolute Gasteiger partial charge is 0.311 e. The fourth-order valence-corrected chi connectivity index (χ4v) is 4.62. The molecule has 5 atom stereocenters. The third-order valence-corrected chi connectivity index (χ3v) is 7.27. The Balaban J connectivity index is 1.70. The zero-order chi connectivity index (χ0) is 32.5. The van der Waals surface area contributed by atoms with E-state index in [1.54, 1.807) is 41.5 Å². The molecular formula is C37H46O8. The van der Waals surface area contributed by atoms with Crippen molar-refractivity contribution in [3.8, 4) is 0 Å². The summed E-state index contributed by atoms with van der Waals surface area (Å²) < 4.78 is 37.9. The van der Waals surface area contributed by atoms with E-state index in [0.29, 0.717) is 0 Å². The largest absolute Gasteiger partial charge is 0.462 e. The maximum Gasteiger partial charge on any atom is 0.311 e.